The van der Waals surface area contributed by atoms with Crippen molar-refractivity contribution in [1.29, 1.82) is 0 Å². The second kappa shape index (κ2) is 5.84. The molecular formula is C17H20ClNO. The molecule has 0 fully saturated rings. The summed E-state index contributed by atoms with van der Waals surface area (Å²) in [6.45, 7) is 9.11. The number of nitrogens with zero attached hydrogens (tertiary/aromatic N) is 1. The number of halogens is 1. The minimum atomic E-state index is 0.151. The molecule has 0 saturated heterocycles. The largest absolute Gasteiger partial charge is 0.487 e. The Morgan fingerprint density at radius 2 is 1.90 bits per heavy atom. The van der Waals surface area contributed by atoms with Crippen LogP contribution in [0.1, 0.15) is 37.6 Å². The number of hydrogen-bond acceptors (Lipinski definition) is 2. The summed E-state index contributed by atoms with van der Waals surface area (Å²) in [7, 11) is 0. The zero-order valence-electron chi connectivity index (χ0n) is 12.4. The van der Waals surface area contributed by atoms with Crippen LogP contribution >= 0.6 is 11.6 Å². The highest BCUT2D eigenvalue weighted by atomic mass is 35.5. The smallest absolute Gasteiger partial charge is 0.130 e. The van der Waals surface area contributed by atoms with E-state index in [0.717, 1.165) is 17.0 Å². The van der Waals surface area contributed by atoms with Gasteiger partial charge in [0.25, 0.3) is 0 Å². The lowest BCUT2D eigenvalue weighted by Crippen LogP contribution is -2.11. The third-order valence-electron chi connectivity index (χ3n) is 3.20. The van der Waals surface area contributed by atoms with E-state index in [0.29, 0.717) is 11.6 Å². The standard InChI is InChI=1S/C17H20ClNO/c1-12-9-13(17(2,3)4)5-6-16(12)20-11-15-10-14(18)7-8-19-15/h5-10H,11H2,1-4H3. The molecule has 1 aromatic heterocycles. The lowest BCUT2D eigenvalue weighted by atomic mass is 9.86. The fraction of sp³-hybridized carbons (Fsp3) is 0.353. The molecule has 0 unspecified atom stereocenters. The Balaban J connectivity index is 2.11. The Morgan fingerprint density at radius 1 is 1.15 bits per heavy atom. The molecule has 2 rings (SSSR count). The van der Waals surface area contributed by atoms with Crippen LogP contribution in [0.3, 0.4) is 0 Å². The third-order valence-corrected chi connectivity index (χ3v) is 3.43. The first-order valence-electron chi connectivity index (χ1n) is 6.70. The number of benzene rings is 1. The second-order valence-corrected chi connectivity index (χ2v) is 6.42. The van der Waals surface area contributed by atoms with Crippen LogP contribution in [-0.2, 0) is 12.0 Å². The molecule has 106 valence electrons. The summed E-state index contributed by atoms with van der Waals surface area (Å²) in [5.74, 6) is 0.889. The Hall–Kier alpha value is -1.54. The molecule has 0 amide bonds. The van der Waals surface area contributed by atoms with E-state index in [2.05, 4.69) is 44.8 Å². The van der Waals surface area contributed by atoms with Gasteiger partial charge in [-0.2, -0.15) is 0 Å². The summed E-state index contributed by atoms with van der Waals surface area (Å²) in [6, 6.07) is 9.91. The lowest BCUT2D eigenvalue weighted by molar-refractivity contribution is 0.299. The van der Waals surface area contributed by atoms with Crippen LogP contribution in [0.25, 0.3) is 0 Å². The van der Waals surface area contributed by atoms with Crippen LogP contribution in [0, 0.1) is 6.92 Å². The fourth-order valence-corrected chi connectivity index (χ4v) is 2.14. The lowest BCUT2D eigenvalue weighted by Gasteiger charge is -2.20. The van der Waals surface area contributed by atoms with Crippen molar-refractivity contribution in [3.05, 3.63) is 58.4 Å². The van der Waals surface area contributed by atoms with Crippen LogP contribution in [-0.4, -0.2) is 4.98 Å². The van der Waals surface area contributed by atoms with Crippen molar-refractivity contribution >= 4 is 11.6 Å². The monoisotopic (exact) mass is 289 g/mol. The first kappa shape index (κ1) is 14.9. The molecule has 1 aromatic carbocycles. The minimum absolute atomic E-state index is 0.151. The number of ether oxygens (including phenoxy) is 1. The van der Waals surface area contributed by atoms with Gasteiger partial charge in [-0.15, -0.1) is 0 Å². The van der Waals surface area contributed by atoms with Gasteiger partial charge in [0.1, 0.15) is 12.4 Å². The van der Waals surface area contributed by atoms with E-state index in [9.17, 15) is 0 Å². The van der Waals surface area contributed by atoms with E-state index >= 15 is 0 Å². The summed E-state index contributed by atoms with van der Waals surface area (Å²) in [6.07, 6.45) is 1.69. The summed E-state index contributed by atoms with van der Waals surface area (Å²) in [5.41, 5.74) is 3.43. The van der Waals surface area contributed by atoms with Crippen molar-refractivity contribution in [3.63, 3.8) is 0 Å². The van der Waals surface area contributed by atoms with Crippen LogP contribution in [0.2, 0.25) is 5.02 Å². The maximum atomic E-state index is 5.93. The number of aromatic nitrogens is 1. The predicted molar refractivity (Wildman–Crippen MR) is 83.5 cm³/mol. The Morgan fingerprint density at radius 3 is 2.50 bits per heavy atom. The van der Waals surface area contributed by atoms with Gasteiger partial charge in [0.2, 0.25) is 0 Å². The zero-order chi connectivity index (χ0) is 14.8. The van der Waals surface area contributed by atoms with Gasteiger partial charge in [0, 0.05) is 11.2 Å². The van der Waals surface area contributed by atoms with Gasteiger partial charge in [-0.25, -0.2) is 0 Å². The average molecular weight is 290 g/mol. The van der Waals surface area contributed by atoms with E-state index in [1.807, 2.05) is 12.1 Å². The Kier molecular flexibility index (Phi) is 4.34. The van der Waals surface area contributed by atoms with Crippen LogP contribution in [0.5, 0.6) is 5.75 Å². The summed E-state index contributed by atoms with van der Waals surface area (Å²) in [4.78, 5) is 4.23. The maximum Gasteiger partial charge on any atom is 0.130 e. The molecule has 0 bridgehead atoms. The second-order valence-electron chi connectivity index (χ2n) is 5.98. The van der Waals surface area contributed by atoms with Gasteiger partial charge in [0.05, 0.1) is 5.69 Å². The predicted octanol–water partition coefficient (Wildman–Crippen LogP) is 4.92. The molecule has 0 atom stereocenters. The third kappa shape index (κ3) is 3.73. The number of rotatable bonds is 3. The molecule has 0 radical (unpaired) electrons. The van der Waals surface area contributed by atoms with Crippen molar-refractivity contribution in [3.8, 4) is 5.75 Å². The van der Waals surface area contributed by atoms with Gasteiger partial charge in [-0.05, 0) is 41.7 Å². The van der Waals surface area contributed by atoms with Crippen molar-refractivity contribution in [2.24, 2.45) is 0 Å². The van der Waals surface area contributed by atoms with Crippen molar-refractivity contribution in [2.45, 2.75) is 39.7 Å². The van der Waals surface area contributed by atoms with Gasteiger partial charge < -0.3 is 4.74 Å². The molecule has 0 spiro atoms. The Labute approximate surface area is 125 Å². The summed E-state index contributed by atoms with van der Waals surface area (Å²) < 4.78 is 5.82. The van der Waals surface area contributed by atoms with Gasteiger partial charge in [0.15, 0.2) is 0 Å². The molecule has 0 saturated carbocycles. The quantitative estimate of drug-likeness (QED) is 0.800. The number of pyridine rings is 1. The number of aryl methyl sites for hydroxylation is 1. The first-order chi connectivity index (χ1) is 9.36. The molecule has 0 aliphatic heterocycles. The van der Waals surface area contributed by atoms with E-state index in [4.69, 9.17) is 16.3 Å². The van der Waals surface area contributed by atoms with Crippen LogP contribution < -0.4 is 4.74 Å². The Bertz CT molecular complexity index is 602. The summed E-state index contributed by atoms with van der Waals surface area (Å²) >= 11 is 5.93. The molecule has 1 heterocycles. The average Bonchev–Trinajstić information content (AvgIpc) is 2.36. The highest BCUT2D eigenvalue weighted by molar-refractivity contribution is 6.30. The maximum absolute atomic E-state index is 5.93. The number of hydrogen-bond donors (Lipinski definition) is 0. The van der Waals surface area contributed by atoms with Gasteiger partial charge in [-0.3, -0.25) is 4.98 Å². The van der Waals surface area contributed by atoms with E-state index in [-0.39, 0.29) is 5.41 Å². The fourth-order valence-electron chi connectivity index (χ4n) is 1.96. The first-order valence-corrected chi connectivity index (χ1v) is 7.08. The molecule has 20 heavy (non-hydrogen) atoms. The minimum Gasteiger partial charge on any atom is -0.487 e. The van der Waals surface area contributed by atoms with E-state index in [1.165, 1.54) is 5.56 Å². The molecular weight excluding hydrogens is 270 g/mol. The molecule has 0 aliphatic rings. The molecule has 3 heteroatoms. The zero-order valence-corrected chi connectivity index (χ0v) is 13.2. The highest BCUT2D eigenvalue weighted by Gasteiger charge is 2.14. The molecule has 2 nitrogen and oxygen atoms in total. The SMILES string of the molecule is Cc1cc(C(C)(C)C)ccc1OCc1cc(Cl)ccn1. The normalized spacial score (nSPS) is 11.4. The van der Waals surface area contributed by atoms with Crippen molar-refractivity contribution in [2.75, 3.05) is 0 Å². The van der Waals surface area contributed by atoms with E-state index < -0.39 is 0 Å². The van der Waals surface area contributed by atoms with Gasteiger partial charge in [-0.1, -0.05) is 44.5 Å². The van der Waals surface area contributed by atoms with Crippen LogP contribution in [0.15, 0.2) is 36.5 Å². The highest BCUT2D eigenvalue weighted by Crippen LogP contribution is 2.27. The molecule has 0 N–H and O–H groups in total. The van der Waals surface area contributed by atoms with E-state index in [1.54, 1.807) is 12.3 Å². The van der Waals surface area contributed by atoms with Crippen molar-refractivity contribution < 1.29 is 4.74 Å². The van der Waals surface area contributed by atoms with Gasteiger partial charge >= 0.3 is 0 Å². The molecule has 0 aliphatic carbocycles. The van der Waals surface area contributed by atoms with Crippen molar-refractivity contribution in [1.82, 2.24) is 4.98 Å². The van der Waals surface area contributed by atoms with Crippen LogP contribution in [0.4, 0.5) is 0 Å². The topological polar surface area (TPSA) is 22.1 Å². The molecule has 2 aromatic rings. The summed E-state index contributed by atoms with van der Waals surface area (Å²) in [5, 5.41) is 0.679.